The Kier molecular flexibility index (Phi) is 7.17. The molecule has 2 aromatic carbocycles. The summed E-state index contributed by atoms with van der Waals surface area (Å²) in [7, 11) is 1.61. The van der Waals surface area contributed by atoms with Crippen molar-refractivity contribution in [2.75, 3.05) is 25.5 Å². The number of benzene rings is 2. The maximum Gasteiger partial charge on any atom is 0.315 e. The van der Waals surface area contributed by atoms with E-state index in [-0.39, 0.29) is 6.03 Å². The summed E-state index contributed by atoms with van der Waals surface area (Å²) < 4.78 is 10.9. The number of fused-ring (bicyclic) bond motifs is 1. The van der Waals surface area contributed by atoms with Gasteiger partial charge in [-0.05, 0) is 35.9 Å². The van der Waals surface area contributed by atoms with Crippen molar-refractivity contribution >= 4 is 22.8 Å². The van der Waals surface area contributed by atoms with Crippen LogP contribution in [0.4, 0.5) is 10.6 Å². The third-order valence-electron chi connectivity index (χ3n) is 4.83. The summed E-state index contributed by atoms with van der Waals surface area (Å²) in [4.78, 5) is 20.9. The minimum Gasteiger partial charge on any atom is -0.497 e. The standard InChI is InChI=1S/C25H25N5O3/c1-32-20-6-4-7-21(15-20)33-24-12-9-18(16-28-24)17-29-25(31)27-14-13-26-23-11-10-19-5-2-3-8-22(19)30-23/h2-12,15-16H,13-14,17H2,1H3,(H,26,30)(H2,27,29,31). The van der Waals surface area contributed by atoms with Gasteiger partial charge in [0.25, 0.3) is 0 Å². The number of para-hydroxylation sites is 1. The molecule has 0 atom stereocenters. The number of ether oxygens (including phenoxy) is 2. The molecule has 8 heteroatoms. The number of anilines is 1. The number of carbonyl (C=O) groups excluding carboxylic acids is 1. The van der Waals surface area contributed by atoms with E-state index in [0.29, 0.717) is 37.0 Å². The number of nitrogens with one attached hydrogen (secondary N) is 3. The maximum atomic E-state index is 12.0. The maximum absolute atomic E-state index is 12.0. The smallest absolute Gasteiger partial charge is 0.315 e. The van der Waals surface area contributed by atoms with E-state index in [1.54, 1.807) is 25.4 Å². The van der Waals surface area contributed by atoms with Gasteiger partial charge in [-0.3, -0.25) is 0 Å². The highest BCUT2D eigenvalue weighted by molar-refractivity contribution is 5.80. The number of rotatable bonds is 9. The molecule has 0 fully saturated rings. The molecule has 0 aliphatic heterocycles. The van der Waals surface area contributed by atoms with Crippen LogP contribution in [-0.4, -0.2) is 36.2 Å². The fourth-order valence-corrected chi connectivity index (χ4v) is 3.14. The molecule has 0 aliphatic rings. The van der Waals surface area contributed by atoms with E-state index in [9.17, 15) is 4.79 Å². The molecule has 0 saturated heterocycles. The van der Waals surface area contributed by atoms with Gasteiger partial charge in [-0.1, -0.05) is 30.3 Å². The molecule has 0 unspecified atom stereocenters. The number of hydrogen-bond donors (Lipinski definition) is 3. The largest absolute Gasteiger partial charge is 0.497 e. The molecule has 8 nitrogen and oxygen atoms in total. The third kappa shape index (κ3) is 6.33. The molecule has 168 valence electrons. The fraction of sp³-hybridized carbons (Fsp3) is 0.160. The molecule has 0 aliphatic carbocycles. The van der Waals surface area contributed by atoms with E-state index in [1.807, 2.05) is 60.7 Å². The van der Waals surface area contributed by atoms with E-state index in [2.05, 4.69) is 25.9 Å². The first-order chi connectivity index (χ1) is 16.2. The lowest BCUT2D eigenvalue weighted by atomic mass is 10.2. The van der Waals surface area contributed by atoms with E-state index >= 15 is 0 Å². The van der Waals surface area contributed by atoms with Crippen molar-refractivity contribution in [3.05, 3.63) is 84.6 Å². The Balaban J connectivity index is 1.17. The quantitative estimate of drug-likeness (QED) is 0.333. The van der Waals surface area contributed by atoms with Gasteiger partial charge in [-0.25, -0.2) is 14.8 Å². The second kappa shape index (κ2) is 10.8. The predicted octanol–water partition coefficient (Wildman–Crippen LogP) is 4.34. The van der Waals surface area contributed by atoms with E-state index in [4.69, 9.17) is 9.47 Å². The minimum absolute atomic E-state index is 0.250. The molecule has 0 bridgehead atoms. The van der Waals surface area contributed by atoms with Crippen LogP contribution in [0.15, 0.2) is 79.0 Å². The monoisotopic (exact) mass is 443 g/mol. The SMILES string of the molecule is COc1cccc(Oc2ccc(CNC(=O)NCCNc3ccc4ccccc4n3)cn2)c1. The van der Waals surface area contributed by atoms with Crippen LogP contribution in [0, 0.1) is 0 Å². The highest BCUT2D eigenvalue weighted by Crippen LogP contribution is 2.23. The number of carbonyl (C=O) groups is 1. The Morgan fingerprint density at radius 1 is 0.909 bits per heavy atom. The van der Waals surface area contributed by atoms with Gasteiger partial charge >= 0.3 is 6.03 Å². The van der Waals surface area contributed by atoms with Gasteiger partial charge in [0.15, 0.2) is 0 Å². The first kappa shape index (κ1) is 21.9. The Morgan fingerprint density at radius 2 is 1.79 bits per heavy atom. The van der Waals surface area contributed by atoms with Crippen molar-refractivity contribution < 1.29 is 14.3 Å². The van der Waals surface area contributed by atoms with Crippen molar-refractivity contribution in [2.24, 2.45) is 0 Å². The number of methoxy groups -OCH3 is 1. The Morgan fingerprint density at radius 3 is 2.64 bits per heavy atom. The molecule has 4 aromatic rings. The molecule has 33 heavy (non-hydrogen) atoms. The van der Waals surface area contributed by atoms with Crippen molar-refractivity contribution in [3.63, 3.8) is 0 Å². The number of urea groups is 1. The van der Waals surface area contributed by atoms with Crippen molar-refractivity contribution in [1.82, 2.24) is 20.6 Å². The average Bonchev–Trinajstić information content (AvgIpc) is 2.86. The summed E-state index contributed by atoms with van der Waals surface area (Å²) in [6, 6.07) is 22.6. The zero-order valence-electron chi connectivity index (χ0n) is 18.2. The van der Waals surface area contributed by atoms with E-state index < -0.39 is 0 Å². The average molecular weight is 444 g/mol. The minimum atomic E-state index is -0.250. The van der Waals surface area contributed by atoms with Gasteiger partial charge in [-0.15, -0.1) is 0 Å². The van der Waals surface area contributed by atoms with Crippen molar-refractivity contribution in [1.29, 1.82) is 0 Å². The van der Waals surface area contributed by atoms with Gasteiger partial charge in [0.2, 0.25) is 5.88 Å². The third-order valence-corrected chi connectivity index (χ3v) is 4.83. The summed E-state index contributed by atoms with van der Waals surface area (Å²) in [6.45, 7) is 1.39. The van der Waals surface area contributed by atoms with Crippen LogP contribution in [0.3, 0.4) is 0 Å². The molecular weight excluding hydrogens is 418 g/mol. The predicted molar refractivity (Wildman–Crippen MR) is 128 cm³/mol. The van der Waals surface area contributed by atoms with Crippen LogP contribution >= 0.6 is 0 Å². The summed E-state index contributed by atoms with van der Waals surface area (Å²) in [5.41, 5.74) is 1.79. The lowest BCUT2D eigenvalue weighted by Gasteiger charge is -2.10. The Labute approximate surface area is 192 Å². The molecule has 3 N–H and O–H groups in total. The number of hydrogen-bond acceptors (Lipinski definition) is 6. The fourth-order valence-electron chi connectivity index (χ4n) is 3.14. The van der Waals surface area contributed by atoms with Crippen LogP contribution in [0.25, 0.3) is 10.9 Å². The number of nitrogens with zero attached hydrogens (tertiary/aromatic N) is 2. The first-order valence-electron chi connectivity index (χ1n) is 10.6. The summed E-state index contributed by atoms with van der Waals surface area (Å²) >= 11 is 0. The van der Waals surface area contributed by atoms with Gasteiger partial charge < -0.3 is 25.4 Å². The van der Waals surface area contributed by atoms with Crippen molar-refractivity contribution in [2.45, 2.75) is 6.54 Å². The molecule has 2 heterocycles. The zero-order valence-corrected chi connectivity index (χ0v) is 18.2. The molecule has 2 amide bonds. The van der Waals surface area contributed by atoms with Crippen LogP contribution in [0.5, 0.6) is 17.4 Å². The van der Waals surface area contributed by atoms with Crippen molar-refractivity contribution in [3.8, 4) is 17.4 Å². The Bertz CT molecular complexity index is 1210. The molecule has 0 radical (unpaired) electrons. The second-order valence-electron chi connectivity index (χ2n) is 7.21. The van der Waals surface area contributed by atoms with E-state index in [1.165, 1.54) is 0 Å². The summed E-state index contributed by atoms with van der Waals surface area (Å²) in [5.74, 6) is 2.59. The molecular formula is C25H25N5O3. The van der Waals surface area contributed by atoms with Crippen LogP contribution in [0.2, 0.25) is 0 Å². The second-order valence-corrected chi connectivity index (χ2v) is 7.21. The van der Waals surface area contributed by atoms with Crippen LogP contribution in [-0.2, 0) is 6.54 Å². The molecule has 0 spiro atoms. The van der Waals surface area contributed by atoms with Crippen LogP contribution in [0.1, 0.15) is 5.56 Å². The highest BCUT2D eigenvalue weighted by atomic mass is 16.5. The Hall–Kier alpha value is -4.33. The van der Waals surface area contributed by atoms with E-state index in [0.717, 1.165) is 22.3 Å². The number of pyridine rings is 2. The van der Waals surface area contributed by atoms with Crippen LogP contribution < -0.4 is 25.4 Å². The van der Waals surface area contributed by atoms with Gasteiger partial charge in [0, 0.05) is 43.4 Å². The summed E-state index contributed by atoms with van der Waals surface area (Å²) in [5, 5.41) is 9.94. The molecule has 4 rings (SSSR count). The first-order valence-corrected chi connectivity index (χ1v) is 10.6. The lowest BCUT2D eigenvalue weighted by Crippen LogP contribution is -2.37. The number of aromatic nitrogens is 2. The number of amides is 2. The van der Waals surface area contributed by atoms with Gasteiger partial charge in [0.1, 0.15) is 17.3 Å². The normalized spacial score (nSPS) is 10.5. The zero-order chi connectivity index (χ0) is 22.9. The lowest BCUT2D eigenvalue weighted by molar-refractivity contribution is 0.241. The van der Waals surface area contributed by atoms with Gasteiger partial charge in [0.05, 0.1) is 12.6 Å². The summed E-state index contributed by atoms with van der Waals surface area (Å²) in [6.07, 6.45) is 1.67. The van der Waals surface area contributed by atoms with Gasteiger partial charge in [-0.2, -0.15) is 0 Å². The topological polar surface area (TPSA) is 97.4 Å². The molecule has 2 aromatic heterocycles. The molecule has 0 saturated carbocycles. The highest BCUT2D eigenvalue weighted by Gasteiger charge is 2.04.